The van der Waals surface area contributed by atoms with Gasteiger partial charge < -0.3 is 5.32 Å². The molecule has 0 aliphatic rings. The number of pyridine rings is 1. The van der Waals surface area contributed by atoms with Gasteiger partial charge in [0, 0.05) is 6.20 Å². The van der Waals surface area contributed by atoms with Crippen molar-refractivity contribution in [2.24, 2.45) is 0 Å². The predicted molar refractivity (Wildman–Crippen MR) is 81.8 cm³/mol. The van der Waals surface area contributed by atoms with Crippen LogP contribution in [0.15, 0.2) is 55.0 Å². The zero-order valence-corrected chi connectivity index (χ0v) is 12.7. The first-order chi connectivity index (χ1) is 11.9. The maximum Gasteiger partial charge on any atom is 0.417 e. The van der Waals surface area contributed by atoms with E-state index in [0.29, 0.717) is 11.4 Å². The molecule has 9 heteroatoms. The van der Waals surface area contributed by atoms with Crippen molar-refractivity contribution in [3.8, 4) is 5.69 Å². The van der Waals surface area contributed by atoms with Gasteiger partial charge in [0.25, 0.3) is 5.91 Å². The first-order valence-electron chi connectivity index (χ1n) is 7.21. The average Bonchev–Trinajstić information content (AvgIpc) is 3.09. The second-order valence-corrected chi connectivity index (χ2v) is 5.09. The van der Waals surface area contributed by atoms with E-state index >= 15 is 0 Å². The van der Waals surface area contributed by atoms with Gasteiger partial charge in [-0.1, -0.05) is 17.3 Å². The monoisotopic (exact) mass is 347 g/mol. The Morgan fingerprint density at radius 3 is 2.68 bits per heavy atom. The maximum absolute atomic E-state index is 13.0. The summed E-state index contributed by atoms with van der Waals surface area (Å²) in [5.74, 6) is -0.830. The summed E-state index contributed by atoms with van der Waals surface area (Å²) in [5, 5.41) is 10.2. The molecular weight excluding hydrogens is 335 g/mol. The van der Waals surface area contributed by atoms with Crippen molar-refractivity contribution < 1.29 is 18.0 Å². The minimum Gasteiger partial charge on any atom is -0.346 e. The summed E-state index contributed by atoms with van der Waals surface area (Å²) in [6.45, 7) is -0.0503. The maximum atomic E-state index is 13.0. The molecule has 0 unspecified atom stereocenters. The topological polar surface area (TPSA) is 72.7 Å². The number of carbonyl (C=O) groups is 1. The van der Waals surface area contributed by atoms with Gasteiger partial charge in [-0.2, -0.15) is 13.2 Å². The quantitative estimate of drug-likeness (QED) is 0.787. The fourth-order valence-electron chi connectivity index (χ4n) is 2.19. The molecule has 3 rings (SSSR count). The van der Waals surface area contributed by atoms with E-state index in [9.17, 15) is 18.0 Å². The molecule has 0 saturated heterocycles. The number of hydrogen-bond acceptors (Lipinski definition) is 4. The molecule has 6 nitrogen and oxygen atoms in total. The summed E-state index contributed by atoms with van der Waals surface area (Å²) >= 11 is 0. The molecule has 0 atom stereocenters. The molecule has 25 heavy (non-hydrogen) atoms. The van der Waals surface area contributed by atoms with Gasteiger partial charge in [0.2, 0.25) is 0 Å². The lowest BCUT2D eigenvalue weighted by atomic mass is 10.1. The number of halogens is 3. The van der Waals surface area contributed by atoms with Crippen LogP contribution < -0.4 is 5.32 Å². The third-order valence-corrected chi connectivity index (χ3v) is 3.36. The lowest BCUT2D eigenvalue weighted by Crippen LogP contribution is -2.26. The van der Waals surface area contributed by atoms with Gasteiger partial charge in [-0.3, -0.25) is 9.78 Å². The van der Waals surface area contributed by atoms with Gasteiger partial charge in [-0.25, -0.2) is 4.68 Å². The van der Waals surface area contributed by atoms with Crippen LogP contribution in [0.25, 0.3) is 5.69 Å². The van der Waals surface area contributed by atoms with Crippen molar-refractivity contribution >= 4 is 5.91 Å². The van der Waals surface area contributed by atoms with Crippen molar-refractivity contribution in [2.45, 2.75) is 12.7 Å². The summed E-state index contributed by atoms with van der Waals surface area (Å²) in [5.41, 5.74) is -0.335. The summed E-state index contributed by atoms with van der Waals surface area (Å²) in [6, 6.07) is 8.11. The van der Waals surface area contributed by atoms with Gasteiger partial charge in [0.15, 0.2) is 0 Å². The van der Waals surface area contributed by atoms with Crippen LogP contribution in [0.2, 0.25) is 0 Å². The molecule has 1 amide bonds. The minimum atomic E-state index is -4.60. The zero-order chi connectivity index (χ0) is 17.9. The number of carbonyl (C=O) groups excluding carboxylic acids is 1. The fraction of sp³-hybridized carbons (Fsp3) is 0.125. The highest BCUT2D eigenvalue weighted by Gasteiger charge is 2.34. The molecule has 0 saturated carbocycles. The number of amides is 1. The highest BCUT2D eigenvalue weighted by molar-refractivity contribution is 5.95. The minimum absolute atomic E-state index is 0.0503. The molecule has 0 bridgehead atoms. The SMILES string of the molecule is O=C(NCc1cn(-c2cccnc2)nn1)c1ccccc1C(F)(F)F. The molecule has 2 heterocycles. The Balaban J connectivity index is 1.71. The van der Waals surface area contributed by atoms with Crippen molar-refractivity contribution in [1.82, 2.24) is 25.3 Å². The normalized spacial score (nSPS) is 11.3. The van der Waals surface area contributed by atoms with E-state index in [1.54, 1.807) is 30.7 Å². The third kappa shape index (κ3) is 3.82. The smallest absolute Gasteiger partial charge is 0.346 e. The number of aromatic nitrogens is 4. The Labute approximate surface area is 140 Å². The molecule has 0 spiro atoms. The largest absolute Gasteiger partial charge is 0.417 e. The predicted octanol–water partition coefficient (Wildman–Crippen LogP) is 2.61. The van der Waals surface area contributed by atoms with Gasteiger partial charge in [-0.15, -0.1) is 5.10 Å². The van der Waals surface area contributed by atoms with Crippen molar-refractivity contribution in [1.29, 1.82) is 0 Å². The van der Waals surface area contributed by atoms with Crippen molar-refractivity contribution in [3.63, 3.8) is 0 Å². The van der Waals surface area contributed by atoms with Crippen LogP contribution in [-0.2, 0) is 12.7 Å². The Bertz CT molecular complexity index is 877. The van der Waals surface area contributed by atoms with Crippen LogP contribution >= 0.6 is 0 Å². The molecular formula is C16H12F3N5O. The van der Waals surface area contributed by atoms with E-state index in [1.165, 1.54) is 16.8 Å². The summed E-state index contributed by atoms with van der Waals surface area (Å²) in [7, 11) is 0. The van der Waals surface area contributed by atoms with E-state index in [2.05, 4.69) is 20.6 Å². The van der Waals surface area contributed by atoms with Crippen LogP contribution in [0.1, 0.15) is 21.6 Å². The molecule has 0 aliphatic heterocycles. The Morgan fingerprint density at radius 2 is 1.96 bits per heavy atom. The molecule has 0 fully saturated rings. The first-order valence-corrected chi connectivity index (χ1v) is 7.21. The fourth-order valence-corrected chi connectivity index (χ4v) is 2.19. The molecule has 128 valence electrons. The summed E-state index contributed by atoms with van der Waals surface area (Å²) < 4.78 is 40.3. The zero-order valence-electron chi connectivity index (χ0n) is 12.7. The summed E-state index contributed by atoms with van der Waals surface area (Å²) in [6.07, 6.45) is 0.153. The number of hydrogen-bond donors (Lipinski definition) is 1. The molecule has 0 aliphatic carbocycles. The van der Waals surface area contributed by atoms with Crippen LogP contribution in [0.4, 0.5) is 13.2 Å². The van der Waals surface area contributed by atoms with Crippen molar-refractivity contribution in [3.05, 3.63) is 71.8 Å². The average molecular weight is 347 g/mol. The van der Waals surface area contributed by atoms with Crippen LogP contribution in [-0.4, -0.2) is 25.9 Å². The Morgan fingerprint density at radius 1 is 1.16 bits per heavy atom. The second kappa shape index (κ2) is 6.71. The molecule has 2 aromatic heterocycles. The standard InChI is InChI=1S/C16H12F3N5O/c17-16(18,19)14-6-2-1-5-13(14)15(25)21-8-11-10-24(23-22-11)12-4-3-7-20-9-12/h1-7,9-10H,8H2,(H,21,25). The van der Waals surface area contributed by atoms with Gasteiger partial charge in [0.1, 0.15) is 5.69 Å². The van der Waals surface area contributed by atoms with Crippen LogP contribution in [0, 0.1) is 0 Å². The Kier molecular flexibility index (Phi) is 4.46. The number of alkyl halides is 3. The highest BCUT2D eigenvalue weighted by atomic mass is 19.4. The second-order valence-electron chi connectivity index (χ2n) is 5.09. The van der Waals surface area contributed by atoms with E-state index in [1.807, 2.05) is 0 Å². The highest BCUT2D eigenvalue weighted by Crippen LogP contribution is 2.31. The summed E-state index contributed by atoms with van der Waals surface area (Å²) in [4.78, 5) is 16.0. The van der Waals surface area contributed by atoms with Gasteiger partial charge >= 0.3 is 6.18 Å². The Hall–Kier alpha value is -3.23. The van der Waals surface area contributed by atoms with Crippen LogP contribution in [0.5, 0.6) is 0 Å². The van der Waals surface area contributed by atoms with Crippen LogP contribution in [0.3, 0.4) is 0 Å². The number of benzene rings is 1. The van der Waals surface area contributed by atoms with E-state index in [4.69, 9.17) is 0 Å². The lowest BCUT2D eigenvalue weighted by molar-refractivity contribution is -0.137. The number of nitrogens with one attached hydrogen (secondary N) is 1. The molecule has 1 aromatic carbocycles. The number of rotatable bonds is 4. The molecule has 0 radical (unpaired) electrons. The third-order valence-electron chi connectivity index (χ3n) is 3.36. The number of nitrogens with zero attached hydrogens (tertiary/aromatic N) is 4. The first kappa shape index (κ1) is 16.6. The van der Waals surface area contributed by atoms with E-state index in [-0.39, 0.29) is 6.54 Å². The lowest BCUT2D eigenvalue weighted by Gasteiger charge is -2.12. The van der Waals surface area contributed by atoms with Gasteiger partial charge in [0.05, 0.1) is 35.8 Å². The van der Waals surface area contributed by atoms with E-state index < -0.39 is 23.2 Å². The molecule has 3 aromatic rings. The van der Waals surface area contributed by atoms with Gasteiger partial charge in [-0.05, 0) is 24.3 Å². The van der Waals surface area contributed by atoms with E-state index in [0.717, 1.165) is 12.1 Å². The van der Waals surface area contributed by atoms with Crippen molar-refractivity contribution in [2.75, 3.05) is 0 Å². The molecule has 1 N–H and O–H groups in total.